The Morgan fingerprint density at radius 2 is 1.45 bits per heavy atom. The van der Waals surface area contributed by atoms with Crippen LogP contribution in [0.15, 0.2) is 60.7 Å². The van der Waals surface area contributed by atoms with Crippen molar-refractivity contribution in [3.63, 3.8) is 0 Å². The van der Waals surface area contributed by atoms with Crippen molar-refractivity contribution < 1.29 is 0 Å². The van der Waals surface area contributed by atoms with E-state index >= 15 is 0 Å². The Hall–Kier alpha value is -2.39. The molecule has 29 heavy (non-hydrogen) atoms. The van der Waals surface area contributed by atoms with Crippen molar-refractivity contribution in [2.45, 2.75) is 51.9 Å². The van der Waals surface area contributed by atoms with Gasteiger partial charge < -0.3 is 5.32 Å². The Morgan fingerprint density at radius 1 is 0.759 bits per heavy atom. The molecule has 2 aromatic carbocycles. The number of rotatable bonds is 11. The van der Waals surface area contributed by atoms with E-state index < -0.39 is 0 Å². The predicted molar refractivity (Wildman–Crippen MR) is 124 cm³/mol. The van der Waals surface area contributed by atoms with E-state index in [4.69, 9.17) is 11.6 Å². The van der Waals surface area contributed by atoms with Gasteiger partial charge in [-0.2, -0.15) is 0 Å². The minimum atomic E-state index is 0.731. The van der Waals surface area contributed by atoms with Crippen LogP contribution in [0.4, 0.5) is 5.82 Å². The molecule has 152 valence electrons. The minimum absolute atomic E-state index is 0.731. The average molecular weight is 408 g/mol. The Bertz CT molecular complexity index is 863. The van der Waals surface area contributed by atoms with Crippen LogP contribution in [0.2, 0.25) is 5.02 Å². The normalized spacial score (nSPS) is 10.8. The number of hydrogen-bond donors (Lipinski definition) is 1. The maximum atomic E-state index is 6.09. The zero-order valence-corrected chi connectivity index (χ0v) is 18.0. The number of nitrogens with zero attached hydrogens (tertiary/aromatic N) is 2. The summed E-state index contributed by atoms with van der Waals surface area (Å²) in [7, 11) is 0. The fourth-order valence-electron chi connectivity index (χ4n) is 3.44. The highest BCUT2D eigenvalue weighted by atomic mass is 35.5. The summed E-state index contributed by atoms with van der Waals surface area (Å²) in [5.41, 5.74) is 4.09. The summed E-state index contributed by atoms with van der Waals surface area (Å²) in [5.74, 6) is 0.820. The molecule has 4 heteroatoms. The molecule has 0 aliphatic heterocycles. The van der Waals surface area contributed by atoms with Crippen LogP contribution in [0.5, 0.6) is 0 Å². The first-order chi connectivity index (χ1) is 14.3. The van der Waals surface area contributed by atoms with Crippen LogP contribution in [0.1, 0.15) is 51.9 Å². The Morgan fingerprint density at radius 3 is 2.17 bits per heavy atom. The number of unbranched alkanes of at least 4 members (excludes halogenated alkanes) is 6. The highest BCUT2D eigenvalue weighted by Crippen LogP contribution is 2.32. The molecular formula is C25H30ClN3. The first kappa shape index (κ1) is 21.3. The van der Waals surface area contributed by atoms with Crippen molar-refractivity contribution in [2.75, 3.05) is 11.9 Å². The molecule has 0 radical (unpaired) electrons. The maximum absolute atomic E-state index is 6.09. The largest absolute Gasteiger partial charge is 0.369 e. The molecule has 3 rings (SSSR count). The molecule has 1 N–H and O–H groups in total. The third-order valence-electron chi connectivity index (χ3n) is 5.08. The van der Waals surface area contributed by atoms with E-state index in [1.54, 1.807) is 0 Å². The summed E-state index contributed by atoms with van der Waals surface area (Å²) in [6.07, 6.45) is 9.10. The van der Waals surface area contributed by atoms with Crippen molar-refractivity contribution in [1.82, 2.24) is 10.2 Å². The van der Waals surface area contributed by atoms with Gasteiger partial charge in [-0.1, -0.05) is 99.5 Å². The molecular weight excluding hydrogens is 378 g/mol. The molecule has 0 spiro atoms. The fourth-order valence-corrected chi connectivity index (χ4v) is 3.56. The lowest BCUT2D eigenvalue weighted by Gasteiger charge is -2.12. The van der Waals surface area contributed by atoms with E-state index in [1.807, 2.05) is 42.5 Å². The molecule has 0 aliphatic carbocycles. The number of anilines is 1. The number of aromatic nitrogens is 2. The van der Waals surface area contributed by atoms with Crippen LogP contribution in [0.25, 0.3) is 22.4 Å². The molecule has 0 saturated heterocycles. The van der Waals surface area contributed by atoms with Gasteiger partial charge in [0.05, 0.1) is 0 Å². The van der Waals surface area contributed by atoms with Crippen molar-refractivity contribution in [3.05, 3.63) is 65.7 Å². The smallest absolute Gasteiger partial charge is 0.149 e. The van der Waals surface area contributed by atoms with Crippen LogP contribution in [-0.2, 0) is 0 Å². The summed E-state index contributed by atoms with van der Waals surface area (Å²) in [6, 6.07) is 20.2. The van der Waals surface area contributed by atoms with Crippen LogP contribution in [0, 0.1) is 0 Å². The van der Waals surface area contributed by atoms with Crippen LogP contribution >= 0.6 is 11.6 Å². The van der Waals surface area contributed by atoms with Crippen molar-refractivity contribution in [3.8, 4) is 22.4 Å². The monoisotopic (exact) mass is 407 g/mol. The standard InChI is InChI=1S/C25H30ClN3/c1-2-3-4-5-6-7-11-18-27-24-19-23(20-14-16-22(26)17-15-20)25(29-28-24)21-12-9-8-10-13-21/h8-10,12-17,19H,2-7,11,18H2,1H3,(H,27,28). The van der Waals surface area contributed by atoms with E-state index in [1.165, 1.54) is 38.5 Å². The number of nitrogens with one attached hydrogen (secondary N) is 1. The van der Waals surface area contributed by atoms with Gasteiger partial charge >= 0.3 is 0 Å². The zero-order valence-electron chi connectivity index (χ0n) is 17.2. The predicted octanol–water partition coefficient (Wildman–Crippen LogP) is 7.63. The van der Waals surface area contributed by atoms with Crippen molar-refractivity contribution in [1.29, 1.82) is 0 Å². The van der Waals surface area contributed by atoms with Gasteiger partial charge in [-0.05, 0) is 30.2 Å². The summed E-state index contributed by atoms with van der Waals surface area (Å²) >= 11 is 6.09. The summed E-state index contributed by atoms with van der Waals surface area (Å²) in [4.78, 5) is 0. The molecule has 0 bridgehead atoms. The second-order valence-electron chi connectivity index (χ2n) is 7.41. The summed E-state index contributed by atoms with van der Waals surface area (Å²) in [6.45, 7) is 3.18. The Labute approximate surface area is 179 Å². The van der Waals surface area contributed by atoms with Gasteiger partial charge in [0.1, 0.15) is 11.5 Å². The summed E-state index contributed by atoms with van der Waals surface area (Å²) < 4.78 is 0. The van der Waals surface area contributed by atoms with E-state index in [0.29, 0.717) is 0 Å². The quantitative estimate of drug-likeness (QED) is 0.332. The molecule has 0 unspecified atom stereocenters. The van der Waals surface area contributed by atoms with Crippen LogP contribution < -0.4 is 5.32 Å². The number of halogens is 1. The lowest BCUT2D eigenvalue weighted by molar-refractivity contribution is 0.596. The van der Waals surface area contributed by atoms with Crippen molar-refractivity contribution >= 4 is 17.4 Å². The molecule has 1 aromatic heterocycles. The molecule has 0 fully saturated rings. The fraction of sp³-hybridized carbons (Fsp3) is 0.360. The Kier molecular flexibility index (Phi) is 8.51. The molecule has 3 nitrogen and oxygen atoms in total. The number of benzene rings is 2. The van der Waals surface area contributed by atoms with E-state index in [9.17, 15) is 0 Å². The van der Waals surface area contributed by atoms with Gasteiger partial charge in [-0.25, -0.2) is 0 Å². The van der Waals surface area contributed by atoms with E-state index in [0.717, 1.165) is 46.2 Å². The average Bonchev–Trinajstić information content (AvgIpc) is 2.77. The van der Waals surface area contributed by atoms with Gasteiger partial charge in [0.2, 0.25) is 0 Å². The third-order valence-corrected chi connectivity index (χ3v) is 5.33. The van der Waals surface area contributed by atoms with Gasteiger partial charge in [-0.3, -0.25) is 0 Å². The van der Waals surface area contributed by atoms with Crippen molar-refractivity contribution in [2.24, 2.45) is 0 Å². The first-order valence-corrected chi connectivity index (χ1v) is 11.1. The molecule has 3 aromatic rings. The SMILES string of the molecule is CCCCCCCCCNc1cc(-c2ccc(Cl)cc2)c(-c2ccccc2)nn1. The number of hydrogen-bond acceptors (Lipinski definition) is 3. The molecule has 0 atom stereocenters. The zero-order chi connectivity index (χ0) is 20.3. The van der Waals surface area contributed by atoms with Gasteiger partial charge in [0, 0.05) is 22.7 Å². The van der Waals surface area contributed by atoms with Gasteiger partial charge in [-0.15, -0.1) is 10.2 Å². The lowest BCUT2D eigenvalue weighted by Crippen LogP contribution is -2.05. The molecule has 1 heterocycles. The highest BCUT2D eigenvalue weighted by molar-refractivity contribution is 6.30. The van der Waals surface area contributed by atoms with Crippen LogP contribution in [0.3, 0.4) is 0 Å². The van der Waals surface area contributed by atoms with Gasteiger partial charge in [0.15, 0.2) is 0 Å². The molecule has 0 amide bonds. The molecule has 0 saturated carbocycles. The summed E-state index contributed by atoms with van der Waals surface area (Å²) in [5, 5.41) is 13.2. The first-order valence-electron chi connectivity index (χ1n) is 10.7. The third kappa shape index (κ3) is 6.57. The Balaban J connectivity index is 1.68. The lowest BCUT2D eigenvalue weighted by atomic mass is 10.00. The van der Waals surface area contributed by atoms with E-state index in [-0.39, 0.29) is 0 Å². The minimum Gasteiger partial charge on any atom is -0.369 e. The topological polar surface area (TPSA) is 37.8 Å². The van der Waals surface area contributed by atoms with E-state index in [2.05, 4.69) is 40.6 Å². The maximum Gasteiger partial charge on any atom is 0.149 e. The van der Waals surface area contributed by atoms with Gasteiger partial charge in [0.25, 0.3) is 0 Å². The van der Waals surface area contributed by atoms with Crippen LogP contribution in [-0.4, -0.2) is 16.7 Å². The molecule has 0 aliphatic rings. The second-order valence-corrected chi connectivity index (χ2v) is 7.85. The second kappa shape index (κ2) is 11.6. The highest BCUT2D eigenvalue weighted by Gasteiger charge is 2.11.